The Kier molecular flexibility index (Phi) is 7.53. The molecule has 0 aliphatic carbocycles. The van der Waals surface area contributed by atoms with Gasteiger partial charge in [-0.2, -0.15) is 0 Å². The second-order valence-corrected chi connectivity index (χ2v) is 8.92. The van der Waals surface area contributed by atoms with Gasteiger partial charge in [0, 0.05) is 0 Å². The lowest BCUT2D eigenvalue weighted by Crippen LogP contribution is -2.54. The lowest BCUT2D eigenvalue weighted by Gasteiger charge is -2.26. The summed E-state index contributed by atoms with van der Waals surface area (Å²) >= 11 is 2.01. The SMILES string of the molecule is COc1cc(/C=C2\C(=O)NC(=O)N(c3ccc(C(=O)O)cc3)C2=O)cc(I)c1OCc1cccc(F)c1. The Morgan fingerprint density at radius 1 is 1.11 bits per heavy atom. The Hall–Kier alpha value is -4.26. The average molecular weight is 616 g/mol. The van der Waals surface area contributed by atoms with Crippen LogP contribution in [0.5, 0.6) is 11.5 Å². The van der Waals surface area contributed by atoms with E-state index in [1.807, 2.05) is 22.6 Å². The largest absolute Gasteiger partial charge is 0.493 e. The molecule has 0 spiro atoms. The van der Waals surface area contributed by atoms with Crippen LogP contribution in [0.4, 0.5) is 14.9 Å². The number of halogens is 2. The topological polar surface area (TPSA) is 122 Å². The minimum Gasteiger partial charge on any atom is -0.493 e. The molecule has 0 aromatic heterocycles. The molecule has 1 fully saturated rings. The molecule has 2 N–H and O–H groups in total. The zero-order valence-electron chi connectivity index (χ0n) is 19.2. The lowest BCUT2D eigenvalue weighted by atomic mass is 10.1. The van der Waals surface area contributed by atoms with Gasteiger partial charge in [0.1, 0.15) is 18.0 Å². The monoisotopic (exact) mass is 616 g/mol. The quantitative estimate of drug-likeness (QED) is 0.230. The van der Waals surface area contributed by atoms with Gasteiger partial charge >= 0.3 is 12.0 Å². The van der Waals surface area contributed by atoms with Crippen molar-refractivity contribution in [1.82, 2.24) is 5.32 Å². The number of nitrogens with one attached hydrogen (secondary N) is 1. The maximum Gasteiger partial charge on any atom is 0.335 e. The van der Waals surface area contributed by atoms with Gasteiger partial charge in [-0.1, -0.05) is 12.1 Å². The fraction of sp³-hybridized carbons (Fsp3) is 0.0769. The highest BCUT2D eigenvalue weighted by molar-refractivity contribution is 14.1. The van der Waals surface area contributed by atoms with Gasteiger partial charge in [-0.25, -0.2) is 18.9 Å². The summed E-state index contributed by atoms with van der Waals surface area (Å²) in [7, 11) is 1.43. The van der Waals surface area contributed by atoms with Crippen LogP contribution in [0.25, 0.3) is 6.08 Å². The van der Waals surface area contributed by atoms with Gasteiger partial charge < -0.3 is 14.6 Å². The zero-order valence-corrected chi connectivity index (χ0v) is 21.3. The molecule has 0 saturated carbocycles. The number of anilines is 1. The fourth-order valence-corrected chi connectivity index (χ4v) is 4.34. The third-order valence-corrected chi connectivity index (χ3v) is 6.11. The van der Waals surface area contributed by atoms with Crippen LogP contribution in [0.1, 0.15) is 21.5 Å². The number of carbonyl (C=O) groups excluding carboxylic acids is 3. The number of hydrogen-bond donors (Lipinski definition) is 2. The maximum atomic E-state index is 13.5. The molecule has 4 rings (SSSR count). The van der Waals surface area contributed by atoms with Crippen molar-refractivity contribution >= 4 is 58.2 Å². The number of carbonyl (C=O) groups is 4. The zero-order chi connectivity index (χ0) is 26.7. The summed E-state index contributed by atoms with van der Waals surface area (Å²) in [6.45, 7) is 0.0865. The smallest absolute Gasteiger partial charge is 0.335 e. The van der Waals surface area contributed by atoms with Crippen molar-refractivity contribution in [3.05, 3.63) is 92.3 Å². The summed E-state index contributed by atoms with van der Waals surface area (Å²) in [6, 6.07) is 13.3. The molecule has 188 valence electrons. The molecular formula is C26H18FIN2O7. The molecule has 1 heterocycles. The van der Waals surface area contributed by atoms with Gasteiger partial charge in [-0.05, 0) is 88.3 Å². The molecule has 1 aliphatic heterocycles. The van der Waals surface area contributed by atoms with E-state index < -0.39 is 23.8 Å². The van der Waals surface area contributed by atoms with E-state index in [0.29, 0.717) is 26.2 Å². The van der Waals surface area contributed by atoms with Crippen LogP contribution in [-0.4, -0.2) is 36.0 Å². The average Bonchev–Trinajstić information content (AvgIpc) is 2.86. The molecule has 1 aliphatic rings. The molecule has 0 bridgehead atoms. The number of aromatic carboxylic acids is 1. The minimum absolute atomic E-state index is 0.0261. The van der Waals surface area contributed by atoms with Gasteiger partial charge in [0.05, 0.1) is 21.9 Å². The maximum absolute atomic E-state index is 13.5. The van der Waals surface area contributed by atoms with Crippen molar-refractivity contribution in [2.45, 2.75) is 6.61 Å². The van der Waals surface area contributed by atoms with Gasteiger partial charge in [0.25, 0.3) is 11.8 Å². The molecule has 3 aromatic rings. The summed E-state index contributed by atoms with van der Waals surface area (Å²) in [4.78, 5) is 49.9. The minimum atomic E-state index is -1.16. The van der Waals surface area contributed by atoms with E-state index in [-0.39, 0.29) is 29.2 Å². The second kappa shape index (κ2) is 10.8. The summed E-state index contributed by atoms with van der Waals surface area (Å²) in [5, 5.41) is 11.2. The Morgan fingerprint density at radius 2 is 1.84 bits per heavy atom. The third kappa shape index (κ3) is 5.61. The fourth-order valence-electron chi connectivity index (χ4n) is 3.56. The van der Waals surface area contributed by atoms with Gasteiger partial charge in [0.15, 0.2) is 11.5 Å². The molecule has 0 radical (unpaired) electrons. The molecule has 37 heavy (non-hydrogen) atoms. The molecule has 0 atom stereocenters. The molecule has 0 unspecified atom stereocenters. The molecule has 9 nitrogen and oxygen atoms in total. The molecular weight excluding hydrogens is 598 g/mol. The van der Waals surface area contributed by atoms with Gasteiger partial charge in [0.2, 0.25) is 0 Å². The van der Waals surface area contributed by atoms with Gasteiger partial charge in [-0.15, -0.1) is 0 Å². The predicted molar refractivity (Wildman–Crippen MR) is 139 cm³/mol. The van der Waals surface area contributed by atoms with Crippen molar-refractivity contribution < 1.29 is 38.1 Å². The first-order chi connectivity index (χ1) is 17.7. The van der Waals surface area contributed by atoms with E-state index in [2.05, 4.69) is 5.32 Å². The molecule has 3 aromatic carbocycles. The number of rotatable bonds is 7. The number of benzene rings is 3. The first-order valence-electron chi connectivity index (χ1n) is 10.7. The van der Waals surface area contributed by atoms with E-state index in [0.717, 1.165) is 4.90 Å². The highest BCUT2D eigenvalue weighted by Gasteiger charge is 2.37. The Balaban J connectivity index is 1.63. The van der Waals surface area contributed by atoms with Crippen molar-refractivity contribution in [3.63, 3.8) is 0 Å². The van der Waals surface area contributed by atoms with Crippen molar-refractivity contribution in [3.8, 4) is 11.5 Å². The van der Waals surface area contributed by atoms with E-state index in [1.165, 1.54) is 49.6 Å². The number of urea groups is 1. The molecule has 11 heteroatoms. The first-order valence-corrected chi connectivity index (χ1v) is 11.8. The number of methoxy groups -OCH3 is 1. The molecule has 1 saturated heterocycles. The van der Waals surface area contributed by atoms with Crippen LogP contribution in [0, 0.1) is 9.39 Å². The highest BCUT2D eigenvalue weighted by atomic mass is 127. The van der Waals surface area contributed by atoms with Crippen molar-refractivity contribution in [1.29, 1.82) is 0 Å². The van der Waals surface area contributed by atoms with Crippen molar-refractivity contribution in [2.75, 3.05) is 12.0 Å². The summed E-state index contributed by atoms with van der Waals surface area (Å²) in [6.07, 6.45) is 1.31. The van der Waals surface area contributed by atoms with E-state index in [4.69, 9.17) is 14.6 Å². The Bertz CT molecular complexity index is 1450. The lowest BCUT2D eigenvalue weighted by molar-refractivity contribution is -0.122. The number of nitrogens with zero attached hydrogens (tertiary/aromatic N) is 1. The van der Waals surface area contributed by atoms with Crippen molar-refractivity contribution in [2.24, 2.45) is 0 Å². The van der Waals surface area contributed by atoms with Crippen LogP contribution in [0.3, 0.4) is 0 Å². The summed E-state index contributed by atoms with van der Waals surface area (Å²) in [5.74, 6) is -2.60. The van der Waals surface area contributed by atoms with Crippen LogP contribution in [-0.2, 0) is 16.2 Å². The second-order valence-electron chi connectivity index (χ2n) is 7.76. The van der Waals surface area contributed by atoms with Gasteiger partial charge in [-0.3, -0.25) is 14.9 Å². The number of imide groups is 2. The highest BCUT2D eigenvalue weighted by Crippen LogP contribution is 2.35. The number of hydrogen-bond acceptors (Lipinski definition) is 6. The summed E-state index contributed by atoms with van der Waals surface area (Å²) in [5.41, 5.74) is 0.803. The van der Waals surface area contributed by atoms with Crippen LogP contribution < -0.4 is 19.7 Å². The number of ether oxygens (including phenoxy) is 2. The summed E-state index contributed by atoms with van der Waals surface area (Å²) < 4.78 is 25.3. The van der Waals surface area contributed by atoms with E-state index in [9.17, 15) is 23.6 Å². The molecule has 4 amide bonds. The number of barbiturate groups is 1. The normalized spacial score (nSPS) is 14.5. The third-order valence-electron chi connectivity index (χ3n) is 5.31. The van der Waals surface area contributed by atoms with Crippen LogP contribution in [0.15, 0.2) is 66.2 Å². The first kappa shape index (κ1) is 25.8. The number of carboxylic acid groups (broad SMARTS) is 1. The predicted octanol–water partition coefficient (Wildman–Crippen LogP) is 4.38. The Morgan fingerprint density at radius 3 is 2.49 bits per heavy atom. The van der Waals surface area contributed by atoms with Crippen LogP contribution >= 0.6 is 22.6 Å². The Labute approximate surface area is 223 Å². The number of carboxylic acids is 1. The van der Waals surface area contributed by atoms with E-state index in [1.54, 1.807) is 24.3 Å². The standard InChI is InChI=1S/C26H18FIN2O7/c1-36-21-12-15(11-20(28)22(21)37-13-14-3-2-4-17(27)9-14)10-19-23(31)29-26(35)30(24(19)32)18-7-5-16(6-8-18)25(33)34/h2-12H,13H2,1H3,(H,33,34)(H,29,31,35)/b19-10+. The number of amides is 4. The van der Waals surface area contributed by atoms with E-state index >= 15 is 0 Å². The van der Waals surface area contributed by atoms with Crippen LogP contribution in [0.2, 0.25) is 0 Å².